The van der Waals surface area contributed by atoms with Gasteiger partial charge in [-0.15, -0.1) is 0 Å². The number of nitrogens with one attached hydrogen (secondary N) is 1. The van der Waals surface area contributed by atoms with Crippen LogP contribution in [-0.2, 0) is 9.59 Å². The highest BCUT2D eigenvalue weighted by atomic mass is 16.4. The average Bonchev–Trinajstić information content (AvgIpc) is 2.41. The van der Waals surface area contributed by atoms with Crippen molar-refractivity contribution in [2.45, 2.75) is 52.1 Å². The zero-order chi connectivity index (χ0) is 16.1. The highest BCUT2D eigenvalue weighted by Gasteiger charge is 2.11. The summed E-state index contributed by atoms with van der Waals surface area (Å²) in [5, 5.41) is 20.8. The molecule has 0 spiro atoms. The summed E-state index contributed by atoms with van der Waals surface area (Å²) in [6, 6.07) is 0. The lowest BCUT2D eigenvalue weighted by molar-refractivity contribution is -0.137. The van der Waals surface area contributed by atoms with Gasteiger partial charge in [0.25, 0.3) is 0 Å². The summed E-state index contributed by atoms with van der Waals surface area (Å²) >= 11 is 0. The first-order valence-corrected chi connectivity index (χ1v) is 7.49. The summed E-state index contributed by atoms with van der Waals surface area (Å²) in [6.07, 6.45) is 6.75. The van der Waals surface area contributed by atoms with Gasteiger partial charge in [0, 0.05) is 19.5 Å². The highest BCUT2D eigenvalue weighted by molar-refractivity contribution is 5.75. The minimum atomic E-state index is -0.891. The van der Waals surface area contributed by atoms with Crippen molar-refractivity contribution in [3.05, 3.63) is 12.2 Å². The van der Waals surface area contributed by atoms with Gasteiger partial charge in [0.1, 0.15) is 0 Å². The van der Waals surface area contributed by atoms with E-state index < -0.39 is 12.1 Å². The van der Waals surface area contributed by atoms with Crippen molar-refractivity contribution in [1.29, 1.82) is 0 Å². The molecule has 0 aromatic rings. The molecule has 0 aromatic carbocycles. The lowest BCUT2D eigenvalue weighted by Crippen LogP contribution is -2.41. The Balaban J connectivity index is 3.97. The monoisotopic (exact) mass is 300 g/mol. The molecule has 6 heteroatoms. The molecule has 122 valence electrons. The molecule has 0 heterocycles. The van der Waals surface area contributed by atoms with Crippen molar-refractivity contribution in [2.75, 3.05) is 19.8 Å². The maximum Gasteiger partial charge on any atom is 0.304 e. The number of hydrogen-bond donors (Lipinski definition) is 3. The number of amides is 1. The summed E-state index contributed by atoms with van der Waals surface area (Å²) in [6.45, 7) is 4.63. The van der Waals surface area contributed by atoms with E-state index in [1.165, 1.54) is 0 Å². The summed E-state index contributed by atoms with van der Waals surface area (Å²) in [5.41, 5.74) is 0. The fourth-order valence-corrected chi connectivity index (χ4v) is 1.77. The van der Waals surface area contributed by atoms with Crippen LogP contribution in [0.15, 0.2) is 12.2 Å². The number of carbonyl (C=O) groups is 2. The van der Waals surface area contributed by atoms with Crippen molar-refractivity contribution < 1.29 is 19.8 Å². The van der Waals surface area contributed by atoms with Crippen molar-refractivity contribution in [1.82, 2.24) is 10.2 Å². The van der Waals surface area contributed by atoms with E-state index >= 15 is 0 Å². The zero-order valence-corrected chi connectivity index (χ0v) is 13.0. The average molecular weight is 300 g/mol. The molecule has 0 rings (SSSR count). The number of carbonyl (C=O) groups excluding carboxylic acids is 1. The highest BCUT2D eigenvalue weighted by Crippen LogP contribution is 1.97. The molecule has 3 N–H and O–H groups in total. The number of hydrogen-bond acceptors (Lipinski definition) is 4. The van der Waals surface area contributed by atoms with E-state index in [1.54, 1.807) is 11.8 Å². The molecule has 0 saturated heterocycles. The van der Waals surface area contributed by atoms with Gasteiger partial charge in [-0.25, -0.2) is 0 Å². The fourth-order valence-electron chi connectivity index (χ4n) is 1.77. The smallest absolute Gasteiger partial charge is 0.304 e. The molecule has 0 fully saturated rings. The van der Waals surface area contributed by atoms with Gasteiger partial charge in [0.05, 0.1) is 19.2 Å². The molecule has 0 aromatic heterocycles. The van der Waals surface area contributed by atoms with Gasteiger partial charge in [-0.05, 0) is 19.8 Å². The van der Waals surface area contributed by atoms with Crippen LogP contribution < -0.4 is 5.32 Å². The summed E-state index contributed by atoms with van der Waals surface area (Å²) in [5.74, 6) is -0.958. The Morgan fingerprint density at radius 2 is 1.90 bits per heavy atom. The number of aliphatic carboxylic acids is 1. The number of carboxylic acids is 1. The molecule has 0 aliphatic heterocycles. The minimum Gasteiger partial charge on any atom is -0.481 e. The zero-order valence-electron chi connectivity index (χ0n) is 13.0. The van der Waals surface area contributed by atoms with Crippen LogP contribution in [0.4, 0.5) is 0 Å². The maximum atomic E-state index is 11.7. The quantitative estimate of drug-likeness (QED) is 0.374. The van der Waals surface area contributed by atoms with Crippen molar-refractivity contribution in [2.24, 2.45) is 0 Å². The van der Waals surface area contributed by atoms with E-state index in [4.69, 9.17) is 5.11 Å². The largest absolute Gasteiger partial charge is 0.481 e. The molecular formula is C15H28N2O4. The molecule has 0 radical (unpaired) electrons. The molecule has 6 nitrogen and oxygen atoms in total. The Morgan fingerprint density at radius 3 is 2.48 bits per heavy atom. The van der Waals surface area contributed by atoms with Crippen LogP contribution in [-0.4, -0.2) is 52.9 Å². The van der Waals surface area contributed by atoms with E-state index in [2.05, 4.69) is 18.3 Å². The second-order valence-electron chi connectivity index (χ2n) is 5.13. The van der Waals surface area contributed by atoms with Crippen LogP contribution in [0.2, 0.25) is 0 Å². The minimum absolute atomic E-state index is 0.0116. The Hall–Kier alpha value is -1.40. The first-order valence-electron chi connectivity index (χ1n) is 7.49. The predicted molar refractivity (Wildman–Crippen MR) is 81.8 cm³/mol. The maximum absolute atomic E-state index is 11.7. The Bertz CT molecular complexity index is 330. The third-order valence-electron chi connectivity index (χ3n) is 2.82. The molecule has 0 bridgehead atoms. The Morgan fingerprint density at radius 1 is 1.24 bits per heavy atom. The number of aliphatic hydroxyl groups is 1. The van der Waals surface area contributed by atoms with E-state index in [-0.39, 0.29) is 19.0 Å². The summed E-state index contributed by atoms with van der Waals surface area (Å²) in [7, 11) is 0. The molecular weight excluding hydrogens is 272 g/mol. The summed E-state index contributed by atoms with van der Waals surface area (Å²) in [4.78, 5) is 24.0. The van der Waals surface area contributed by atoms with E-state index in [9.17, 15) is 14.7 Å². The van der Waals surface area contributed by atoms with Crippen LogP contribution in [0.1, 0.15) is 46.0 Å². The van der Waals surface area contributed by atoms with Crippen LogP contribution >= 0.6 is 0 Å². The van der Waals surface area contributed by atoms with Crippen LogP contribution in [0.25, 0.3) is 0 Å². The van der Waals surface area contributed by atoms with Gasteiger partial charge < -0.3 is 15.5 Å². The van der Waals surface area contributed by atoms with Gasteiger partial charge in [-0.2, -0.15) is 0 Å². The van der Waals surface area contributed by atoms with Crippen LogP contribution in [0.5, 0.6) is 0 Å². The molecule has 1 unspecified atom stereocenters. The SMILES string of the molecule is CCC/C=C/CCC(=O)NCN(CCC(=O)O)CC(C)O. The second kappa shape index (κ2) is 12.3. The van der Waals surface area contributed by atoms with Gasteiger partial charge >= 0.3 is 5.97 Å². The topological polar surface area (TPSA) is 89.9 Å². The first kappa shape index (κ1) is 19.6. The van der Waals surface area contributed by atoms with Crippen molar-refractivity contribution >= 4 is 11.9 Å². The molecule has 1 atom stereocenters. The molecule has 21 heavy (non-hydrogen) atoms. The Labute approximate surface area is 126 Å². The second-order valence-corrected chi connectivity index (χ2v) is 5.13. The van der Waals surface area contributed by atoms with Crippen LogP contribution in [0.3, 0.4) is 0 Å². The number of nitrogens with zero attached hydrogens (tertiary/aromatic N) is 1. The molecule has 1 amide bonds. The predicted octanol–water partition coefficient (Wildman–Crippen LogP) is 1.35. The van der Waals surface area contributed by atoms with E-state index in [0.717, 1.165) is 12.8 Å². The van der Waals surface area contributed by atoms with Gasteiger partial charge in [0.15, 0.2) is 0 Å². The number of carboxylic acid groups (broad SMARTS) is 1. The molecule has 0 aliphatic carbocycles. The van der Waals surface area contributed by atoms with Crippen molar-refractivity contribution in [3.8, 4) is 0 Å². The first-order chi connectivity index (χ1) is 9.95. The number of rotatable bonds is 12. The lowest BCUT2D eigenvalue weighted by atomic mass is 10.2. The normalized spacial score (nSPS) is 12.8. The lowest BCUT2D eigenvalue weighted by Gasteiger charge is -2.23. The van der Waals surface area contributed by atoms with Crippen molar-refractivity contribution in [3.63, 3.8) is 0 Å². The third-order valence-corrected chi connectivity index (χ3v) is 2.82. The standard InChI is InChI=1S/C15H28N2O4/c1-3-4-5-6-7-8-14(19)16-12-17(11-13(2)18)10-9-15(20)21/h5-6,13,18H,3-4,7-12H2,1-2H3,(H,16,19)(H,20,21)/b6-5+. The number of allylic oxidation sites excluding steroid dienone is 2. The fraction of sp³-hybridized carbons (Fsp3) is 0.733. The Kier molecular flexibility index (Phi) is 11.5. The molecule has 0 aliphatic rings. The number of unbranched alkanes of at least 4 members (excludes halogenated alkanes) is 1. The molecule has 0 saturated carbocycles. The van der Waals surface area contributed by atoms with Gasteiger partial charge in [-0.1, -0.05) is 25.5 Å². The summed E-state index contributed by atoms with van der Waals surface area (Å²) < 4.78 is 0. The number of aliphatic hydroxyl groups excluding tert-OH is 1. The van der Waals surface area contributed by atoms with Gasteiger partial charge in [-0.3, -0.25) is 14.5 Å². The van der Waals surface area contributed by atoms with E-state index in [1.807, 2.05) is 6.08 Å². The third kappa shape index (κ3) is 13.3. The van der Waals surface area contributed by atoms with Gasteiger partial charge in [0.2, 0.25) is 5.91 Å². The van der Waals surface area contributed by atoms with Crippen LogP contribution in [0, 0.1) is 0 Å². The van der Waals surface area contributed by atoms with E-state index in [0.29, 0.717) is 25.9 Å².